The molecule has 0 bridgehead atoms. The van der Waals surface area contributed by atoms with Crippen LogP contribution in [0.1, 0.15) is 18.4 Å². The van der Waals surface area contributed by atoms with Crippen molar-refractivity contribution in [2.75, 3.05) is 25.1 Å². The second-order valence-electron chi connectivity index (χ2n) is 4.20. The summed E-state index contributed by atoms with van der Waals surface area (Å²) >= 11 is 0. The highest BCUT2D eigenvalue weighted by atomic mass is 16.5. The van der Waals surface area contributed by atoms with Gasteiger partial charge in [-0.2, -0.15) is 0 Å². The topological polar surface area (TPSA) is 29.5 Å². The molecule has 0 aliphatic carbocycles. The largest absolute Gasteiger partial charge is 0.495 e. The van der Waals surface area contributed by atoms with Crippen LogP contribution in [0.3, 0.4) is 0 Å². The molecule has 0 aromatic heterocycles. The van der Waals surface area contributed by atoms with Crippen LogP contribution in [0.15, 0.2) is 18.2 Å². The molecule has 1 fully saturated rings. The van der Waals surface area contributed by atoms with Crippen molar-refractivity contribution in [3.8, 4) is 5.75 Å². The second kappa shape index (κ2) is 4.56. The van der Waals surface area contributed by atoms with Crippen LogP contribution >= 0.6 is 0 Å². The van der Waals surface area contributed by atoms with Crippen LogP contribution in [0.25, 0.3) is 0 Å². The number of hydrogen-bond donors (Lipinski definition) is 0. The first kappa shape index (κ1) is 11.0. The maximum atomic E-state index is 11.2. The van der Waals surface area contributed by atoms with Crippen molar-refractivity contribution in [3.05, 3.63) is 23.8 Å². The number of methoxy groups -OCH3 is 1. The van der Waals surface area contributed by atoms with Gasteiger partial charge in [-0.3, -0.25) is 4.79 Å². The number of anilines is 1. The van der Waals surface area contributed by atoms with Gasteiger partial charge in [0.25, 0.3) is 0 Å². The zero-order valence-electron chi connectivity index (χ0n) is 9.82. The Balaban J connectivity index is 2.24. The fourth-order valence-electron chi connectivity index (χ4n) is 2.04. The lowest BCUT2D eigenvalue weighted by Crippen LogP contribution is -2.33. The van der Waals surface area contributed by atoms with Gasteiger partial charge < -0.3 is 9.64 Å². The molecule has 1 aromatic carbocycles. The van der Waals surface area contributed by atoms with Crippen LogP contribution in [-0.4, -0.2) is 26.0 Å². The normalized spacial score (nSPS) is 16.4. The molecule has 1 aliphatic heterocycles. The number of piperidine rings is 1. The van der Waals surface area contributed by atoms with Gasteiger partial charge in [0.15, 0.2) is 0 Å². The molecule has 0 radical (unpaired) electrons. The van der Waals surface area contributed by atoms with Crippen LogP contribution in [-0.2, 0) is 4.79 Å². The van der Waals surface area contributed by atoms with E-state index in [9.17, 15) is 4.79 Å². The number of benzene rings is 1. The molecule has 3 heteroatoms. The molecule has 2 rings (SSSR count). The minimum atomic E-state index is 0.364. The first-order chi connectivity index (χ1) is 7.70. The van der Waals surface area contributed by atoms with Crippen molar-refractivity contribution in [1.29, 1.82) is 0 Å². The number of rotatable bonds is 2. The minimum absolute atomic E-state index is 0.364. The summed E-state index contributed by atoms with van der Waals surface area (Å²) in [6, 6.07) is 6.15. The highest BCUT2D eigenvalue weighted by Crippen LogP contribution is 2.30. The quantitative estimate of drug-likeness (QED) is 0.763. The molecule has 0 N–H and O–H groups in total. The van der Waals surface area contributed by atoms with Gasteiger partial charge in [-0.05, 0) is 24.6 Å². The Morgan fingerprint density at radius 2 is 1.94 bits per heavy atom. The third kappa shape index (κ3) is 2.18. The molecule has 1 heterocycles. The molecule has 1 saturated heterocycles. The third-order valence-electron chi connectivity index (χ3n) is 3.00. The van der Waals surface area contributed by atoms with Gasteiger partial charge in [0, 0.05) is 25.9 Å². The number of Topliss-reactive ketones (excluding diaryl/α,β-unsaturated/α-hetero) is 1. The SMILES string of the molecule is COc1ccc(C)cc1N1CCC(=O)CC1. The van der Waals surface area contributed by atoms with Crippen LogP contribution in [0.5, 0.6) is 5.75 Å². The molecule has 0 atom stereocenters. The Hall–Kier alpha value is -1.51. The van der Waals surface area contributed by atoms with Crippen LogP contribution in [0, 0.1) is 6.92 Å². The minimum Gasteiger partial charge on any atom is -0.495 e. The third-order valence-corrected chi connectivity index (χ3v) is 3.00. The predicted molar refractivity (Wildman–Crippen MR) is 64.2 cm³/mol. The number of carbonyl (C=O) groups is 1. The van der Waals surface area contributed by atoms with Gasteiger partial charge >= 0.3 is 0 Å². The molecule has 16 heavy (non-hydrogen) atoms. The molecule has 0 amide bonds. The van der Waals surface area contributed by atoms with Gasteiger partial charge in [0.05, 0.1) is 12.8 Å². The summed E-state index contributed by atoms with van der Waals surface area (Å²) in [7, 11) is 1.68. The molecule has 0 spiro atoms. The van der Waals surface area contributed by atoms with Gasteiger partial charge in [-0.25, -0.2) is 0 Å². The summed E-state index contributed by atoms with van der Waals surface area (Å²) < 4.78 is 5.35. The Morgan fingerprint density at radius 1 is 1.25 bits per heavy atom. The van der Waals surface area contributed by atoms with E-state index in [2.05, 4.69) is 17.9 Å². The van der Waals surface area contributed by atoms with Gasteiger partial charge in [-0.1, -0.05) is 6.07 Å². The van der Waals surface area contributed by atoms with E-state index in [1.807, 2.05) is 12.1 Å². The van der Waals surface area contributed by atoms with Crippen molar-refractivity contribution in [3.63, 3.8) is 0 Å². The molecular formula is C13H17NO2. The Morgan fingerprint density at radius 3 is 2.56 bits per heavy atom. The van der Waals surface area contributed by atoms with E-state index in [4.69, 9.17) is 4.74 Å². The fraction of sp³-hybridized carbons (Fsp3) is 0.462. The number of ketones is 1. The lowest BCUT2D eigenvalue weighted by molar-refractivity contribution is -0.119. The van der Waals surface area contributed by atoms with E-state index in [1.54, 1.807) is 7.11 Å². The monoisotopic (exact) mass is 219 g/mol. The zero-order valence-corrected chi connectivity index (χ0v) is 9.82. The Labute approximate surface area is 96.0 Å². The Bertz CT molecular complexity index is 391. The highest BCUT2D eigenvalue weighted by Gasteiger charge is 2.19. The number of hydrogen-bond acceptors (Lipinski definition) is 3. The van der Waals surface area contributed by atoms with Crippen LogP contribution in [0.4, 0.5) is 5.69 Å². The van der Waals surface area contributed by atoms with E-state index < -0.39 is 0 Å². The van der Waals surface area contributed by atoms with Crippen LogP contribution < -0.4 is 9.64 Å². The Kier molecular flexibility index (Phi) is 3.13. The van der Waals surface area contributed by atoms with Crippen molar-refractivity contribution in [1.82, 2.24) is 0 Å². The van der Waals surface area contributed by atoms with E-state index in [-0.39, 0.29) is 0 Å². The summed E-state index contributed by atoms with van der Waals surface area (Å²) in [5, 5.41) is 0. The fourth-order valence-corrected chi connectivity index (χ4v) is 2.04. The van der Waals surface area contributed by atoms with Crippen molar-refractivity contribution < 1.29 is 9.53 Å². The van der Waals surface area contributed by atoms with E-state index >= 15 is 0 Å². The van der Waals surface area contributed by atoms with Crippen LogP contribution in [0.2, 0.25) is 0 Å². The highest BCUT2D eigenvalue weighted by molar-refractivity contribution is 5.81. The zero-order chi connectivity index (χ0) is 11.5. The maximum Gasteiger partial charge on any atom is 0.142 e. The van der Waals surface area contributed by atoms with Crippen molar-refractivity contribution in [2.24, 2.45) is 0 Å². The standard InChI is InChI=1S/C13H17NO2/c1-10-3-4-13(16-2)12(9-10)14-7-5-11(15)6-8-14/h3-4,9H,5-8H2,1-2H3. The average Bonchev–Trinajstić information content (AvgIpc) is 2.30. The number of ether oxygens (including phenoxy) is 1. The summed E-state index contributed by atoms with van der Waals surface area (Å²) in [6.07, 6.45) is 1.30. The summed E-state index contributed by atoms with van der Waals surface area (Å²) in [5.41, 5.74) is 2.32. The maximum absolute atomic E-state index is 11.2. The van der Waals surface area contributed by atoms with Crippen molar-refractivity contribution in [2.45, 2.75) is 19.8 Å². The number of nitrogens with zero attached hydrogens (tertiary/aromatic N) is 1. The second-order valence-corrected chi connectivity index (χ2v) is 4.20. The molecule has 86 valence electrons. The predicted octanol–water partition coefficient (Wildman–Crippen LogP) is 2.17. The number of aryl methyl sites for hydroxylation is 1. The molecule has 0 unspecified atom stereocenters. The summed E-state index contributed by atoms with van der Waals surface area (Å²) in [4.78, 5) is 13.4. The first-order valence-corrected chi connectivity index (χ1v) is 5.62. The average molecular weight is 219 g/mol. The first-order valence-electron chi connectivity index (χ1n) is 5.62. The molecule has 1 aliphatic rings. The smallest absolute Gasteiger partial charge is 0.142 e. The van der Waals surface area contributed by atoms with E-state index in [1.165, 1.54) is 5.56 Å². The molecule has 1 aromatic rings. The summed E-state index contributed by atoms with van der Waals surface area (Å²) in [5.74, 6) is 1.25. The van der Waals surface area contributed by atoms with E-state index in [0.717, 1.165) is 24.5 Å². The van der Waals surface area contributed by atoms with E-state index in [0.29, 0.717) is 18.6 Å². The van der Waals surface area contributed by atoms with Gasteiger partial charge in [0.2, 0.25) is 0 Å². The van der Waals surface area contributed by atoms with Gasteiger partial charge in [-0.15, -0.1) is 0 Å². The lowest BCUT2D eigenvalue weighted by Gasteiger charge is -2.29. The number of carbonyl (C=O) groups excluding carboxylic acids is 1. The van der Waals surface area contributed by atoms with Crippen molar-refractivity contribution >= 4 is 11.5 Å². The molecule has 3 nitrogen and oxygen atoms in total. The molecule has 0 saturated carbocycles. The molecular weight excluding hydrogens is 202 g/mol. The van der Waals surface area contributed by atoms with Gasteiger partial charge in [0.1, 0.15) is 11.5 Å². The summed E-state index contributed by atoms with van der Waals surface area (Å²) in [6.45, 7) is 3.68. The lowest BCUT2D eigenvalue weighted by atomic mass is 10.1.